The van der Waals surface area contributed by atoms with Crippen molar-refractivity contribution >= 4 is 27.5 Å². The predicted molar refractivity (Wildman–Crippen MR) is 129 cm³/mol. The Morgan fingerprint density at radius 1 is 1.03 bits per heavy atom. The molecule has 0 radical (unpaired) electrons. The Bertz CT molecular complexity index is 1350. The lowest BCUT2D eigenvalue weighted by Gasteiger charge is -2.38. The Kier molecular flexibility index (Phi) is 5.17. The second kappa shape index (κ2) is 8.36. The molecule has 6 rings (SSSR count). The van der Waals surface area contributed by atoms with E-state index in [0.29, 0.717) is 34.7 Å². The first-order chi connectivity index (χ1) is 16.6. The van der Waals surface area contributed by atoms with E-state index in [1.807, 2.05) is 0 Å². The fraction of sp³-hybridized carbons (Fsp3) is 0.385. The van der Waals surface area contributed by atoms with Gasteiger partial charge >= 0.3 is 0 Å². The van der Waals surface area contributed by atoms with Crippen LogP contribution in [0.5, 0.6) is 11.5 Å². The Morgan fingerprint density at radius 3 is 2.65 bits per heavy atom. The van der Waals surface area contributed by atoms with E-state index in [1.165, 1.54) is 35.3 Å². The molecule has 0 aliphatic carbocycles. The molecular weight excluding hydrogens is 430 g/mol. The molecule has 0 saturated carbocycles. The highest BCUT2D eigenvalue weighted by Gasteiger charge is 2.30. The van der Waals surface area contributed by atoms with Crippen molar-refractivity contribution in [2.75, 3.05) is 31.1 Å². The van der Waals surface area contributed by atoms with Crippen molar-refractivity contribution in [3.05, 3.63) is 59.3 Å². The molecule has 2 saturated heterocycles. The maximum atomic E-state index is 12.8. The quantitative estimate of drug-likeness (QED) is 0.365. The number of piperazine rings is 1. The maximum Gasteiger partial charge on any atom is 0.176 e. The Labute approximate surface area is 197 Å². The number of aryl methyl sites for hydroxylation is 2. The molecule has 1 atom stereocenters. The van der Waals surface area contributed by atoms with Gasteiger partial charge in [0, 0.05) is 46.8 Å². The molecule has 1 aromatic heterocycles. The van der Waals surface area contributed by atoms with E-state index in [-0.39, 0.29) is 22.5 Å². The van der Waals surface area contributed by atoms with Crippen LogP contribution >= 0.6 is 0 Å². The second-order valence-corrected chi connectivity index (χ2v) is 9.44. The summed E-state index contributed by atoms with van der Waals surface area (Å²) in [5.74, 6) is -0.403. The summed E-state index contributed by atoms with van der Waals surface area (Å²) in [4.78, 5) is 5.53. The van der Waals surface area contributed by atoms with Crippen LogP contribution in [0.4, 0.5) is 5.69 Å². The summed E-state index contributed by atoms with van der Waals surface area (Å²) in [7, 11) is 0. The summed E-state index contributed by atoms with van der Waals surface area (Å²) in [5.41, 5.74) is 2.69. The average Bonchev–Trinajstić information content (AvgIpc) is 3.47. The molecule has 8 heteroatoms. The minimum Gasteiger partial charge on any atom is -0.870 e. The lowest BCUT2D eigenvalue weighted by Crippen LogP contribution is -2.50. The summed E-state index contributed by atoms with van der Waals surface area (Å²) < 4.78 is 1.36. The number of rotatable bonds is 5. The van der Waals surface area contributed by atoms with Crippen molar-refractivity contribution in [2.45, 2.75) is 38.3 Å². The van der Waals surface area contributed by atoms with Gasteiger partial charge in [0.1, 0.15) is 0 Å². The number of hydrogen-bond acceptors (Lipinski definition) is 6. The van der Waals surface area contributed by atoms with Crippen LogP contribution in [0.15, 0.2) is 48.5 Å². The third-order valence-electron chi connectivity index (χ3n) is 7.46. The second-order valence-electron chi connectivity index (χ2n) is 9.44. The molecular formula is C26H28N5O3-. The van der Waals surface area contributed by atoms with E-state index in [9.17, 15) is 15.4 Å². The summed E-state index contributed by atoms with van der Waals surface area (Å²) in [6, 6.07) is 16.2. The average molecular weight is 459 g/mol. The minimum absolute atomic E-state index is 0.0120. The molecule has 176 valence electrons. The summed E-state index contributed by atoms with van der Waals surface area (Å²) in [6.45, 7) is 4.94. The van der Waals surface area contributed by atoms with Crippen LogP contribution in [0.1, 0.15) is 24.8 Å². The van der Waals surface area contributed by atoms with Gasteiger partial charge in [-0.05, 0) is 55.3 Å². The zero-order chi connectivity index (χ0) is 23.2. The monoisotopic (exact) mass is 458 g/mol. The number of nitrogens with zero attached hydrogens (tertiary/aromatic N) is 5. The third kappa shape index (κ3) is 3.49. The molecule has 2 fully saturated rings. The molecule has 0 bridgehead atoms. The van der Waals surface area contributed by atoms with Crippen molar-refractivity contribution in [1.82, 2.24) is 14.7 Å². The van der Waals surface area contributed by atoms with Gasteiger partial charge in [0.05, 0.1) is 6.54 Å². The van der Waals surface area contributed by atoms with Crippen LogP contribution in [-0.4, -0.2) is 52.0 Å². The van der Waals surface area contributed by atoms with Crippen molar-refractivity contribution in [3.63, 3.8) is 0 Å². The number of aromatic hydroxyl groups is 1. The van der Waals surface area contributed by atoms with E-state index >= 15 is 0 Å². The first-order valence-electron chi connectivity index (χ1n) is 12.1. The Morgan fingerprint density at radius 2 is 1.82 bits per heavy atom. The summed E-state index contributed by atoms with van der Waals surface area (Å²) >= 11 is 0. The SMILES string of the molecule is [O-]c1c2ccccc2c(O)c2c1n[n+]([O-])n2CCCc1ccc(N2CCN3CCCC3C2)cc1. The zero-order valence-electron chi connectivity index (χ0n) is 19.1. The molecule has 1 N–H and O–H groups in total. The molecule has 0 amide bonds. The van der Waals surface area contributed by atoms with Crippen LogP contribution < -0.4 is 15.0 Å². The predicted octanol–water partition coefficient (Wildman–Crippen LogP) is 2.52. The first kappa shape index (κ1) is 21.0. The highest BCUT2D eigenvalue weighted by molar-refractivity contribution is 6.07. The van der Waals surface area contributed by atoms with Gasteiger partial charge in [-0.1, -0.05) is 42.1 Å². The lowest BCUT2D eigenvalue weighted by atomic mass is 10.1. The van der Waals surface area contributed by atoms with Crippen LogP contribution in [0.25, 0.3) is 21.8 Å². The van der Waals surface area contributed by atoms with Crippen LogP contribution in [0.3, 0.4) is 0 Å². The van der Waals surface area contributed by atoms with Crippen LogP contribution in [0.2, 0.25) is 0 Å². The van der Waals surface area contributed by atoms with E-state index in [2.05, 4.69) is 39.2 Å². The Balaban J connectivity index is 1.16. The standard InChI is InChI=1S/C26H29N5O3/c32-25-21-7-1-2-8-22(21)26(33)24-23(25)27-31(34)30(24)14-3-5-18-9-11-19(12-10-18)29-16-15-28-13-4-6-20(28)17-29/h1-2,7-12,20,32-33H,3-6,13-17H2/p-1. The number of aromatic nitrogens is 3. The Hall–Kier alpha value is -3.52. The van der Waals surface area contributed by atoms with E-state index in [4.69, 9.17) is 0 Å². The lowest BCUT2D eigenvalue weighted by molar-refractivity contribution is -0.746. The molecule has 8 nitrogen and oxygen atoms in total. The number of anilines is 1. The molecule has 0 spiro atoms. The smallest absolute Gasteiger partial charge is 0.176 e. The van der Waals surface area contributed by atoms with Gasteiger partial charge in [-0.15, -0.1) is 4.68 Å². The molecule has 34 heavy (non-hydrogen) atoms. The van der Waals surface area contributed by atoms with E-state index in [0.717, 1.165) is 26.1 Å². The molecule has 2 aliphatic heterocycles. The first-order valence-corrected chi connectivity index (χ1v) is 12.1. The topological polar surface area (TPSA) is 94.5 Å². The van der Waals surface area contributed by atoms with Crippen LogP contribution in [-0.2, 0) is 13.0 Å². The summed E-state index contributed by atoms with van der Waals surface area (Å²) in [5, 5.41) is 40.7. The minimum atomic E-state index is -0.333. The van der Waals surface area contributed by atoms with Gasteiger partial charge in [-0.25, -0.2) is 0 Å². The van der Waals surface area contributed by atoms with E-state index in [1.54, 1.807) is 24.3 Å². The normalized spacial score (nSPS) is 18.7. The third-order valence-corrected chi connectivity index (χ3v) is 7.46. The highest BCUT2D eigenvalue weighted by Crippen LogP contribution is 2.38. The molecule has 3 aromatic carbocycles. The largest absolute Gasteiger partial charge is 0.870 e. The van der Waals surface area contributed by atoms with Crippen LogP contribution in [0, 0.1) is 5.21 Å². The number of fused-ring (bicyclic) bond motifs is 3. The van der Waals surface area contributed by atoms with Crippen molar-refractivity contribution in [1.29, 1.82) is 0 Å². The van der Waals surface area contributed by atoms with Gasteiger partial charge in [0.25, 0.3) is 0 Å². The molecule has 1 unspecified atom stereocenters. The van der Waals surface area contributed by atoms with Gasteiger partial charge in [0.15, 0.2) is 16.8 Å². The maximum absolute atomic E-state index is 12.8. The fourth-order valence-corrected chi connectivity index (χ4v) is 5.65. The van der Waals surface area contributed by atoms with Gasteiger partial charge in [0.2, 0.25) is 0 Å². The van der Waals surface area contributed by atoms with Crippen molar-refractivity contribution in [3.8, 4) is 11.5 Å². The molecule has 3 heterocycles. The van der Waals surface area contributed by atoms with Gasteiger partial charge in [-0.3, -0.25) is 4.90 Å². The number of phenolic OH excluding ortho intramolecular Hbond substituents is 1. The van der Waals surface area contributed by atoms with Gasteiger partial charge < -0.3 is 20.3 Å². The van der Waals surface area contributed by atoms with Crippen molar-refractivity contribution < 1.29 is 15.2 Å². The van der Waals surface area contributed by atoms with Gasteiger partial charge in [-0.2, -0.15) is 0 Å². The number of phenols is 1. The zero-order valence-corrected chi connectivity index (χ0v) is 19.1. The fourth-order valence-electron chi connectivity index (χ4n) is 5.65. The summed E-state index contributed by atoms with van der Waals surface area (Å²) in [6.07, 6.45) is 4.09. The number of hydrogen-bond donors (Lipinski definition) is 1. The van der Waals surface area contributed by atoms with E-state index < -0.39 is 0 Å². The van der Waals surface area contributed by atoms with Crippen molar-refractivity contribution in [2.24, 2.45) is 0 Å². The highest BCUT2D eigenvalue weighted by atomic mass is 16.5. The molecule has 4 aromatic rings. The number of benzene rings is 3. The molecule has 2 aliphatic rings.